The van der Waals surface area contributed by atoms with Crippen LogP contribution in [0.2, 0.25) is 0 Å². The molecule has 1 amide bonds. The van der Waals surface area contributed by atoms with E-state index in [-0.39, 0.29) is 18.4 Å². The lowest BCUT2D eigenvalue weighted by Gasteiger charge is -2.09. The van der Waals surface area contributed by atoms with Crippen molar-refractivity contribution < 1.29 is 9.63 Å². The van der Waals surface area contributed by atoms with Crippen molar-refractivity contribution in [2.75, 3.05) is 0 Å². The van der Waals surface area contributed by atoms with Gasteiger partial charge in [-0.2, -0.15) is 5.26 Å². The molecule has 1 N–H and O–H groups in total. The smallest absolute Gasteiger partial charge is 0.257 e. The minimum absolute atomic E-state index is 0.132. The quantitative estimate of drug-likeness (QED) is 0.636. The summed E-state index contributed by atoms with van der Waals surface area (Å²) in [6.07, 6.45) is 4.37. The summed E-state index contributed by atoms with van der Waals surface area (Å²) in [5.74, 6) is -0.357. The van der Waals surface area contributed by atoms with E-state index < -0.39 is 0 Å². The molecule has 0 atom stereocenters. The van der Waals surface area contributed by atoms with Gasteiger partial charge in [0.05, 0.1) is 12.2 Å². The molecule has 1 aliphatic carbocycles. The Kier molecular flexibility index (Phi) is 3.55. The summed E-state index contributed by atoms with van der Waals surface area (Å²) in [6, 6.07) is 1.75. The van der Waals surface area contributed by atoms with E-state index in [2.05, 4.69) is 5.48 Å². The molecule has 4 nitrogen and oxygen atoms in total. The zero-order chi connectivity index (χ0) is 8.81. The number of nitrogens with one attached hydrogen (secondary N) is 1. The number of hydrogen-bond donors (Lipinski definition) is 1. The van der Waals surface area contributed by atoms with Crippen molar-refractivity contribution in [1.29, 1.82) is 5.26 Å². The van der Waals surface area contributed by atoms with Crippen molar-refractivity contribution in [3.63, 3.8) is 0 Å². The number of nitriles is 1. The second-order valence-electron chi connectivity index (χ2n) is 2.88. The summed E-state index contributed by atoms with van der Waals surface area (Å²) >= 11 is 0. The fourth-order valence-corrected chi connectivity index (χ4v) is 1.26. The predicted octanol–water partition coefficient (Wildman–Crippen LogP) is 0.890. The Labute approximate surface area is 71.5 Å². The van der Waals surface area contributed by atoms with Crippen LogP contribution in [-0.4, -0.2) is 12.0 Å². The van der Waals surface area contributed by atoms with Crippen LogP contribution in [0.25, 0.3) is 0 Å². The highest BCUT2D eigenvalue weighted by atomic mass is 16.7. The second kappa shape index (κ2) is 4.73. The van der Waals surface area contributed by atoms with Crippen molar-refractivity contribution in [3.05, 3.63) is 0 Å². The van der Waals surface area contributed by atoms with Gasteiger partial charge in [0.15, 0.2) is 0 Å². The van der Waals surface area contributed by atoms with Gasteiger partial charge < -0.3 is 0 Å². The van der Waals surface area contributed by atoms with E-state index in [9.17, 15) is 4.79 Å². The first kappa shape index (κ1) is 9.01. The van der Waals surface area contributed by atoms with Gasteiger partial charge in [-0.25, -0.2) is 5.48 Å². The number of hydroxylamine groups is 1. The van der Waals surface area contributed by atoms with Gasteiger partial charge in [0.25, 0.3) is 5.91 Å². The molecule has 1 rings (SSSR count). The molecule has 0 heterocycles. The Morgan fingerprint density at radius 2 is 2.25 bits per heavy atom. The fraction of sp³-hybridized carbons (Fsp3) is 0.750. The van der Waals surface area contributed by atoms with E-state index >= 15 is 0 Å². The molecule has 0 bridgehead atoms. The lowest BCUT2D eigenvalue weighted by molar-refractivity contribution is -0.137. The molecule has 1 fully saturated rings. The molecule has 4 heteroatoms. The van der Waals surface area contributed by atoms with Crippen LogP contribution >= 0.6 is 0 Å². The first-order chi connectivity index (χ1) is 5.83. The highest BCUT2D eigenvalue weighted by Gasteiger charge is 2.16. The molecule has 0 unspecified atom stereocenters. The van der Waals surface area contributed by atoms with Crippen molar-refractivity contribution >= 4 is 5.91 Å². The van der Waals surface area contributed by atoms with Gasteiger partial charge in [0.2, 0.25) is 0 Å². The lowest BCUT2D eigenvalue weighted by Crippen LogP contribution is -2.27. The summed E-state index contributed by atoms with van der Waals surface area (Å²) in [5, 5.41) is 8.16. The Morgan fingerprint density at radius 1 is 1.58 bits per heavy atom. The van der Waals surface area contributed by atoms with Crippen LogP contribution in [0, 0.1) is 11.3 Å². The van der Waals surface area contributed by atoms with Gasteiger partial charge >= 0.3 is 0 Å². The molecule has 0 radical (unpaired) electrons. The third-order valence-corrected chi connectivity index (χ3v) is 1.88. The van der Waals surface area contributed by atoms with Gasteiger partial charge in [0, 0.05) is 0 Å². The van der Waals surface area contributed by atoms with Crippen molar-refractivity contribution in [2.24, 2.45) is 0 Å². The van der Waals surface area contributed by atoms with Gasteiger partial charge in [0.1, 0.15) is 6.42 Å². The highest BCUT2D eigenvalue weighted by Crippen LogP contribution is 2.19. The normalized spacial score (nSPS) is 17.2. The van der Waals surface area contributed by atoms with E-state index in [1.807, 2.05) is 0 Å². The topological polar surface area (TPSA) is 62.1 Å². The minimum atomic E-state index is -0.357. The van der Waals surface area contributed by atoms with E-state index in [0.29, 0.717) is 0 Å². The summed E-state index contributed by atoms with van der Waals surface area (Å²) < 4.78 is 0. The molecule has 1 aliphatic rings. The zero-order valence-corrected chi connectivity index (χ0v) is 6.88. The Balaban J connectivity index is 2.08. The van der Waals surface area contributed by atoms with E-state index in [4.69, 9.17) is 10.1 Å². The molecule has 0 aromatic rings. The van der Waals surface area contributed by atoms with Crippen LogP contribution < -0.4 is 5.48 Å². The summed E-state index contributed by atoms with van der Waals surface area (Å²) in [6.45, 7) is 0. The number of rotatable bonds is 3. The molecule has 1 saturated carbocycles. The average Bonchev–Trinajstić information content (AvgIpc) is 2.53. The Morgan fingerprint density at radius 3 is 2.83 bits per heavy atom. The monoisotopic (exact) mass is 168 g/mol. The van der Waals surface area contributed by atoms with Crippen LogP contribution in [0.1, 0.15) is 32.1 Å². The van der Waals surface area contributed by atoms with Crippen LogP contribution in [0.15, 0.2) is 0 Å². The van der Waals surface area contributed by atoms with Gasteiger partial charge in [-0.3, -0.25) is 9.63 Å². The number of carbonyl (C=O) groups is 1. The van der Waals surface area contributed by atoms with E-state index in [1.54, 1.807) is 6.07 Å². The van der Waals surface area contributed by atoms with Crippen LogP contribution in [0.3, 0.4) is 0 Å². The molecule has 0 aromatic heterocycles. The fourth-order valence-electron chi connectivity index (χ4n) is 1.26. The average molecular weight is 168 g/mol. The number of hydrogen-bond acceptors (Lipinski definition) is 3. The number of amides is 1. The number of carbonyl (C=O) groups excluding carboxylic acids is 1. The molecule has 0 spiro atoms. The van der Waals surface area contributed by atoms with Crippen LogP contribution in [-0.2, 0) is 9.63 Å². The number of nitrogens with zero attached hydrogens (tertiary/aromatic N) is 1. The van der Waals surface area contributed by atoms with Gasteiger partial charge in [-0.1, -0.05) is 12.8 Å². The molecule has 0 aliphatic heterocycles. The Hall–Kier alpha value is -1.08. The molecule has 0 saturated heterocycles. The lowest BCUT2D eigenvalue weighted by atomic mass is 10.3. The maximum atomic E-state index is 10.7. The third kappa shape index (κ3) is 2.89. The molecular formula is C8H12N2O2. The maximum Gasteiger partial charge on any atom is 0.257 e. The van der Waals surface area contributed by atoms with E-state index in [0.717, 1.165) is 12.8 Å². The molecular weight excluding hydrogens is 156 g/mol. The predicted molar refractivity (Wildman–Crippen MR) is 41.7 cm³/mol. The molecule has 0 aromatic carbocycles. The Bertz CT molecular complexity index is 192. The first-order valence-corrected chi connectivity index (χ1v) is 4.14. The zero-order valence-electron chi connectivity index (χ0n) is 6.88. The largest absolute Gasteiger partial charge is 0.272 e. The summed E-state index contributed by atoms with van der Waals surface area (Å²) in [5.41, 5.74) is 2.26. The summed E-state index contributed by atoms with van der Waals surface area (Å²) in [7, 11) is 0. The van der Waals surface area contributed by atoms with Crippen molar-refractivity contribution in [3.8, 4) is 6.07 Å². The van der Waals surface area contributed by atoms with Crippen molar-refractivity contribution in [2.45, 2.75) is 38.2 Å². The SMILES string of the molecule is N#CCC(=O)NOC1CCCC1. The third-order valence-electron chi connectivity index (χ3n) is 1.88. The second-order valence-corrected chi connectivity index (χ2v) is 2.88. The van der Waals surface area contributed by atoms with Crippen LogP contribution in [0.5, 0.6) is 0 Å². The van der Waals surface area contributed by atoms with Crippen LogP contribution in [0.4, 0.5) is 0 Å². The standard InChI is InChI=1S/C8H12N2O2/c9-6-5-8(11)10-12-7-3-1-2-4-7/h7H,1-5H2,(H,10,11). The molecule has 12 heavy (non-hydrogen) atoms. The highest BCUT2D eigenvalue weighted by molar-refractivity contribution is 5.76. The summed E-state index contributed by atoms with van der Waals surface area (Å²) in [4.78, 5) is 15.8. The minimum Gasteiger partial charge on any atom is -0.272 e. The maximum absolute atomic E-state index is 10.7. The van der Waals surface area contributed by atoms with Gasteiger partial charge in [-0.05, 0) is 12.8 Å². The first-order valence-electron chi connectivity index (χ1n) is 4.14. The van der Waals surface area contributed by atoms with Crippen molar-refractivity contribution in [1.82, 2.24) is 5.48 Å². The molecule has 66 valence electrons. The van der Waals surface area contributed by atoms with E-state index in [1.165, 1.54) is 12.8 Å². The van der Waals surface area contributed by atoms with Gasteiger partial charge in [-0.15, -0.1) is 0 Å².